The first-order chi connectivity index (χ1) is 7.63. The third-order valence-electron chi connectivity index (χ3n) is 1.90. The van der Waals surface area contributed by atoms with Crippen LogP contribution in [-0.4, -0.2) is 18.3 Å². The second-order valence-corrected chi connectivity index (χ2v) is 3.17. The van der Waals surface area contributed by atoms with Crippen molar-refractivity contribution in [3.63, 3.8) is 0 Å². The topological polar surface area (TPSA) is 86.0 Å². The van der Waals surface area contributed by atoms with E-state index in [1.165, 1.54) is 0 Å². The zero-order valence-corrected chi connectivity index (χ0v) is 9.47. The molecule has 0 saturated carbocycles. The maximum Gasteiger partial charge on any atom is 0.211 e. The van der Waals surface area contributed by atoms with Crippen LogP contribution in [0.3, 0.4) is 0 Å². The SMILES string of the molecule is CCOc1ccc(C(C)=NN=C(N)N)cc1. The monoisotopic (exact) mass is 220 g/mol. The predicted octanol–water partition coefficient (Wildman–Crippen LogP) is 1.08. The molecule has 16 heavy (non-hydrogen) atoms. The van der Waals surface area contributed by atoms with Crippen molar-refractivity contribution in [3.05, 3.63) is 29.8 Å². The molecule has 5 heteroatoms. The molecule has 0 bridgehead atoms. The first-order valence-corrected chi connectivity index (χ1v) is 5.00. The van der Waals surface area contributed by atoms with E-state index in [-0.39, 0.29) is 5.96 Å². The van der Waals surface area contributed by atoms with Crippen molar-refractivity contribution in [1.82, 2.24) is 0 Å². The minimum atomic E-state index is -0.0507. The molecule has 1 rings (SSSR count). The molecule has 0 unspecified atom stereocenters. The van der Waals surface area contributed by atoms with Crippen LogP contribution in [0, 0.1) is 0 Å². The van der Waals surface area contributed by atoms with Gasteiger partial charge in [-0.3, -0.25) is 0 Å². The van der Waals surface area contributed by atoms with E-state index in [9.17, 15) is 0 Å². The standard InChI is InChI=1S/C11H16N4O/c1-3-16-10-6-4-9(5-7-10)8(2)14-15-11(12)13/h4-7H,3H2,1-2H3,(H4,12,13,15). The summed E-state index contributed by atoms with van der Waals surface area (Å²) in [6.45, 7) is 4.43. The van der Waals surface area contributed by atoms with Crippen LogP contribution < -0.4 is 16.2 Å². The van der Waals surface area contributed by atoms with Gasteiger partial charge >= 0.3 is 0 Å². The largest absolute Gasteiger partial charge is 0.494 e. The van der Waals surface area contributed by atoms with Gasteiger partial charge < -0.3 is 16.2 Å². The molecule has 0 aliphatic heterocycles. The molecule has 0 radical (unpaired) electrons. The Labute approximate surface area is 94.8 Å². The van der Waals surface area contributed by atoms with Crippen LogP contribution in [0.1, 0.15) is 19.4 Å². The zero-order valence-electron chi connectivity index (χ0n) is 9.47. The third-order valence-corrected chi connectivity index (χ3v) is 1.90. The van der Waals surface area contributed by atoms with E-state index in [0.717, 1.165) is 17.0 Å². The van der Waals surface area contributed by atoms with Gasteiger partial charge in [0.15, 0.2) is 0 Å². The van der Waals surface area contributed by atoms with E-state index in [1.54, 1.807) is 0 Å². The van der Waals surface area contributed by atoms with E-state index in [0.29, 0.717) is 6.61 Å². The maximum atomic E-state index is 5.33. The van der Waals surface area contributed by atoms with E-state index in [2.05, 4.69) is 10.2 Å². The number of hydrogen-bond acceptors (Lipinski definition) is 3. The first kappa shape index (κ1) is 12.0. The van der Waals surface area contributed by atoms with Gasteiger partial charge in [0.05, 0.1) is 12.3 Å². The summed E-state index contributed by atoms with van der Waals surface area (Å²) in [7, 11) is 0. The Morgan fingerprint density at radius 2 is 1.81 bits per heavy atom. The number of benzene rings is 1. The van der Waals surface area contributed by atoms with E-state index in [4.69, 9.17) is 16.2 Å². The molecular weight excluding hydrogens is 204 g/mol. The van der Waals surface area contributed by atoms with Gasteiger partial charge in [0.1, 0.15) is 5.75 Å². The third kappa shape index (κ3) is 3.61. The Kier molecular flexibility index (Phi) is 4.32. The molecule has 0 aliphatic carbocycles. The average Bonchev–Trinajstić information content (AvgIpc) is 2.27. The lowest BCUT2D eigenvalue weighted by molar-refractivity contribution is 0.340. The second kappa shape index (κ2) is 5.75. The summed E-state index contributed by atoms with van der Waals surface area (Å²) in [5.41, 5.74) is 12.1. The molecular formula is C11H16N4O. The van der Waals surface area contributed by atoms with Gasteiger partial charge in [0.2, 0.25) is 5.96 Å². The van der Waals surface area contributed by atoms with Crippen molar-refractivity contribution >= 4 is 11.7 Å². The van der Waals surface area contributed by atoms with Crippen LogP contribution in [0.2, 0.25) is 0 Å². The highest BCUT2D eigenvalue weighted by Crippen LogP contribution is 2.12. The maximum absolute atomic E-state index is 5.33. The van der Waals surface area contributed by atoms with Crippen molar-refractivity contribution < 1.29 is 4.74 Å². The fourth-order valence-electron chi connectivity index (χ4n) is 1.15. The highest BCUT2D eigenvalue weighted by molar-refractivity contribution is 5.99. The minimum Gasteiger partial charge on any atom is -0.494 e. The Balaban J connectivity index is 2.81. The van der Waals surface area contributed by atoms with Crippen LogP contribution in [-0.2, 0) is 0 Å². The van der Waals surface area contributed by atoms with Crippen LogP contribution in [0.25, 0.3) is 0 Å². The van der Waals surface area contributed by atoms with Crippen molar-refractivity contribution in [2.24, 2.45) is 21.7 Å². The van der Waals surface area contributed by atoms with Gasteiger partial charge in [-0.1, -0.05) is 0 Å². The number of guanidine groups is 1. The molecule has 0 spiro atoms. The highest BCUT2D eigenvalue weighted by atomic mass is 16.5. The van der Waals surface area contributed by atoms with Gasteiger partial charge in [0, 0.05) is 0 Å². The van der Waals surface area contributed by atoms with Gasteiger partial charge in [-0.25, -0.2) is 0 Å². The van der Waals surface area contributed by atoms with Crippen molar-refractivity contribution in [2.45, 2.75) is 13.8 Å². The van der Waals surface area contributed by atoms with Crippen molar-refractivity contribution in [1.29, 1.82) is 0 Å². The van der Waals surface area contributed by atoms with Crippen molar-refractivity contribution in [3.8, 4) is 5.75 Å². The van der Waals surface area contributed by atoms with E-state index < -0.39 is 0 Å². The first-order valence-electron chi connectivity index (χ1n) is 5.00. The minimum absolute atomic E-state index is 0.0507. The van der Waals surface area contributed by atoms with E-state index in [1.807, 2.05) is 38.1 Å². The predicted molar refractivity (Wildman–Crippen MR) is 65.6 cm³/mol. The zero-order chi connectivity index (χ0) is 12.0. The Morgan fingerprint density at radius 1 is 1.19 bits per heavy atom. The molecule has 86 valence electrons. The fraction of sp³-hybridized carbons (Fsp3) is 0.273. The van der Waals surface area contributed by atoms with Crippen LogP contribution in [0.5, 0.6) is 5.75 Å². The van der Waals surface area contributed by atoms with Gasteiger partial charge in [-0.2, -0.15) is 5.10 Å². The molecule has 1 aromatic rings. The summed E-state index contributed by atoms with van der Waals surface area (Å²) >= 11 is 0. The molecule has 0 fully saturated rings. The quantitative estimate of drug-likeness (QED) is 0.452. The van der Waals surface area contributed by atoms with Crippen molar-refractivity contribution in [2.75, 3.05) is 6.61 Å². The molecule has 4 N–H and O–H groups in total. The van der Waals surface area contributed by atoms with Gasteiger partial charge in [-0.15, -0.1) is 5.10 Å². The summed E-state index contributed by atoms with van der Waals surface area (Å²) in [5, 5.41) is 7.47. The van der Waals surface area contributed by atoms with Gasteiger partial charge in [0.25, 0.3) is 0 Å². The summed E-state index contributed by atoms with van der Waals surface area (Å²) in [6.07, 6.45) is 0. The number of hydrogen-bond donors (Lipinski definition) is 2. The van der Waals surface area contributed by atoms with Gasteiger partial charge in [-0.05, 0) is 43.7 Å². The number of nitrogens with zero attached hydrogens (tertiary/aromatic N) is 2. The smallest absolute Gasteiger partial charge is 0.211 e. The molecule has 0 amide bonds. The summed E-state index contributed by atoms with van der Waals surface area (Å²) < 4.78 is 5.33. The van der Waals surface area contributed by atoms with E-state index >= 15 is 0 Å². The molecule has 0 atom stereocenters. The second-order valence-electron chi connectivity index (χ2n) is 3.17. The normalized spacial score (nSPS) is 11.0. The lowest BCUT2D eigenvalue weighted by atomic mass is 10.1. The molecule has 0 saturated heterocycles. The number of rotatable bonds is 4. The fourth-order valence-corrected chi connectivity index (χ4v) is 1.15. The molecule has 0 heterocycles. The lowest BCUT2D eigenvalue weighted by Gasteiger charge is -2.03. The summed E-state index contributed by atoms with van der Waals surface area (Å²) in [6, 6.07) is 7.58. The van der Waals surface area contributed by atoms with Crippen LogP contribution >= 0.6 is 0 Å². The Hall–Kier alpha value is -2.04. The molecule has 0 aliphatic rings. The Morgan fingerprint density at radius 3 is 2.31 bits per heavy atom. The number of ether oxygens (including phenoxy) is 1. The molecule has 1 aromatic carbocycles. The molecule has 0 aromatic heterocycles. The van der Waals surface area contributed by atoms with Crippen LogP contribution in [0.15, 0.2) is 34.5 Å². The molecule has 5 nitrogen and oxygen atoms in total. The highest BCUT2D eigenvalue weighted by Gasteiger charge is 1.98. The Bertz CT molecular complexity index is 391. The summed E-state index contributed by atoms with van der Waals surface area (Å²) in [5.74, 6) is 0.783. The number of nitrogens with two attached hydrogens (primary N) is 2. The summed E-state index contributed by atoms with van der Waals surface area (Å²) in [4.78, 5) is 0. The average molecular weight is 220 g/mol. The van der Waals surface area contributed by atoms with Crippen LogP contribution in [0.4, 0.5) is 0 Å². The lowest BCUT2D eigenvalue weighted by Crippen LogP contribution is -2.22.